The molecule has 0 radical (unpaired) electrons. The molecular formula is C9H8ClNO5. The summed E-state index contributed by atoms with van der Waals surface area (Å²) >= 11 is 5.33. The predicted octanol–water partition coefficient (Wildman–Crippen LogP) is 1.99. The minimum atomic E-state index is -0.877. The van der Waals surface area contributed by atoms with Gasteiger partial charge in [-0.25, -0.2) is 0 Å². The van der Waals surface area contributed by atoms with Crippen molar-refractivity contribution >= 4 is 22.5 Å². The van der Waals surface area contributed by atoms with Crippen molar-refractivity contribution in [3.8, 4) is 11.5 Å². The maximum atomic E-state index is 11.2. The van der Waals surface area contributed by atoms with Gasteiger partial charge in [0.15, 0.2) is 0 Å². The molecule has 7 heteroatoms. The maximum absolute atomic E-state index is 11.2. The lowest BCUT2D eigenvalue weighted by Crippen LogP contribution is -2.03. The van der Waals surface area contributed by atoms with Crippen LogP contribution in [-0.2, 0) is 0 Å². The number of ether oxygens (including phenoxy) is 2. The fraction of sp³-hybridized carbons (Fsp3) is 0.222. The lowest BCUT2D eigenvalue weighted by atomic mass is 10.1. The van der Waals surface area contributed by atoms with Crippen LogP contribution in [0.2, 0.25) is 0 Å². The van der Waals surface area contributed by atoms with Crippen LogP contribution in [0.15, 0.2) is 12.1 Å². The Kier molecular flexibility index (Phi) is 3.68. The van der Waals surface area contributed by atoms with Gasteiger partial charge in [-0.2, -0.15) is 0 Å². The van der Waals surface area contributed by atoms with E-state index in [9.17, 15) is 14.9 Å². The average molecular weight is 246 g/mol. The van der Waals surface area contributed by atoms with Gasteiger partial charge in [0.05, 0.1) is 19.1 Å². The molecule has 6 nitrogen and oxygen atoms in total. The second-order valence-corrected chi connectivity index (χ2v) is 3.07. The average Bonchev–Trinajstić information content (AvgIpc) is 2.26. The van der Waals surface area contributed by atoms with Crippen LogP contribution in [0.5, 0.6) is 11.5 Å². The highest BCUT2D eigenvalue weighted by molar-refractivity contribution is 6.68. The van der Waals surface area contributed by atoms with E-state index in [1.54, 1.807) is 0 Å². The lowest BCUT2D eigenvalue weighted by molar-refractivity contribution is -0.385. The Morgan fingerprint density at radius 2 is 2.00 bits per heavy atom. The number of nitro benzene ring substituents is 1. The Morgan fingerprint density at radius 1 is 1.38 bits per heavy atom. The summed E-state index contributed by atoms with van der Waals surface area (Å²) in [7, 11) is 2.54. The minimum Gasteiger partial charge on any atom is -0.496 e. The molecule has 0 saturated heterocycles. The van der Waals surface area contributed by atoms with E-state index in [2.05, 4.69) is 0 Å². The van der Waals surface area contributed by atoms with Gasteiger partial charge in [-0.1, -0.05) is 0 Å². The number of nitrogens with zero attached hydrogens (tertiary/aromatic N) is 1. The Bertz CT molecular complexity index is 446. The first-order valence-electron chi connectivity index (χ1n) is 4.12. The molecule has 16 heavy (non-hydrogen) atoms. The van der Waals surface area contributed by atoms with Gasteiger partial charge >= 0.3 is 5.69 Å². The number of rotatable bonds is 4. The summed E-state index contributed by atoms with van der Waals surface area (Å²) in [6.07, 6.45) is 0. The molecule has 0 aliphatic rings. The molecule has 0 aliphatic carbocycles. The number of hydrogen-bond donors (Lipinski definition) is 0. The zero-order valence-corrected chi connectivity index (χ0v) is 9.28. The van der Waals surface area contributed by atoms with E-state index in [-0.39, 0.29) is 22.7 Å². The van der Waals surface area contributed by atoms with Gasteiger partial charge < -0.3 is 9.47 Å². The van der Waals surface area contributed by atoms with Crippen molar-refractivity contribution in [3.63, 3.8) is 0 Å². The van der Waals surface area contributed by atoms with E-state index in [1.165, 1.54) is 26.4 Å². The van der Waals surface area contributed by atoms with E-state index < -0.39 is 10.2 Å². The molecule has 86 valence electrons. The molecule has 0 saturated carbocycles. The van der Waals surface area contributed by atoms with Gasteiger partial charge in [-0.15, -0.1) is 0 Å². The summed E-state index contributed by atoms with van der Waals surface area (Å²) in [4.78, 5) is 21.2. The molecule has 1 rings (SSSR count). The van der Waals surface area contributed by atoms with Gasteiger partial charge in [-0.3, -0.25) is 14.9 Å². The SMILES string of the molecule is COc1ccc([N+](=O)[O-])c(OC)c1C(=O)Cl. The molecule has 0 amide bonds. The molecule has 0 aromatic heterocycles. The number of halogens is 1. The van der Waals surface area contributed by atoms with Crippen LogP contribution < -0.4 is 9.47 Å². The summed E-state index contributed by atoms with van der Waals surface area (Å²) in [5, 5.41) is 9.81. The first-order valence-corrected chi connectivity index (χ1v) is 4.50. The van der Waals surface area contributed by atoms with E-state index in [4.69, 9.17) is 21.1 Å². The van der Waals surface area contributed by atoms with Crippen molar-refractivity contribution in [1.82, 2.24) is 0 Å². The predicted molar refractivity (Wildman–Crippen MR) is 56.4 cm³/mol. The maximum Gasteiger partial charge on any atom is 0.312 e. The van der Waals surface area contributed by atoms with Crippen molar-refractivity contribution in [1.29, 1.82) is 0 Å². The fourth-order valence-corrected chi connectivity index (χ4v) is 1.44. The smallest absolute Gasteiger partial charge is 0.312 e. The third kappa shape index (κ3) is 2.06. The number of benzene rings is 1. The highest BCUT2D eigenvalue weighted by Gasteiger charge is 2.26. The molecule has 0 unspecified atom stereocenters. The van der Waals surface area contributed by atoms with Crippen molar-refractivity contribution in [2.75, 3.05) is 14.2 Å². The lowest BCUT2D eigenvalue weighted by Gasteiger charge is -2.09. The van der Waals surface area contributed by atoms with Crippen LogP contribution in [-0.4, -0.2) is 24.4 Å². The van der Waals surface area contributed by atoms with Gasteiger partial charge in [-0.05, 0) is 17.7 Å². The highest BCUT2D eigenvalue weighted by Crippen LogP contribution is 2.37. The largest absolute Gasteiger partial charge is 0.496 e. The summed E-state index contributed by atoms with van der Waals surface area (Å²) in [5.74, 6) is -0.0770. The second kappa shape index (κ2) is 4.80. The number of methoxy groups -OCH3 is 2. The number of carbonyl (C=O) groups is 1. The summed E-state index contributed by atoms with van der Waals surface area (Å²) in [6, 6.07) is 2.47. The Labute approximate surface area is 95.9 Å². The third-order valence-electron chi connectivity index (χ3n) is 1.92. The van der Waals surface area contributed by atoms with Crippen molar-refractivity contribution in [3.05, 3.63) is 27.8 Å². The summed E-state index contributed by atoms with van der Waals surface area (Å²) in [5.41, 5.74) is -0.492. The topological polar surface area (TPSA) is 78.7 Å². The van der Waals surface area contributed by atoms with Crippen LogP contribution in [0, 0.1) is 10.1 Å². The quantitative estimate of drug-likeness (QED) is 0.460. The van der Waals surface area contributed by atoms with Crippen LogP contribution in [0.3, 0.4) is 0 Å². The molecule has 0 fully saturated rings. The normalized spacial score (nSPS) is 9.69. The Balaban J connectivity index is 3.56. The van der Waals surface area contributed by atoms with Crippen LogP contribution in [0.1, 0.15) is 10.4 Å². The molecule has 0 spiro atoms. The fourth-order valence-electron chi connectivity index (χ4n) is 1.26. The second-order valence-electron chi connectivity index (χ2n) is 2.73. The number of carbonyl (C=O) groups excluding carboxylic acids is 1. The van der Waals surface area contributed by atoms with Crippen LogP contribution >= 0.6 is 11.6 Å². The third-order valence-corrected chi connectivity index (χ3v) is 2.10. The molecule has 1 aromatic rings. The van der Waals surface area contributed by atoms with Crippen LogP contribution in [0.4, 0.5) is 5.69 Å². The summed E-state index contributed by atoms with van der Waals surface area (Å²) in [6.45, 7) is 0. The van der Waals surface area contributed by atoms with Gasteiger partial charge in [0.2, 0.25) is 5.75 Å². The van der Waals surface area contributed by atoms with Gasteiger partial charge in [0.25, 0.3) is 5.24 Å². The molecule has 1 aromatic carbocycles. The van der Waals surface area contributed by atoms with Gasteiger partial charge in [0, 0.05) is 6.07 Å². The van der Waals surface area contributed by atoms with Crippen LogP contribution in [0.25, 0.3) is 0 Å². The van der Waals surface area contributed by atoms with Gasteiger partial charge in [0.1, 0.15) is 11.3 Å². The molecule has 0 aliphatic heterocycles. The molecule has 0 heterocycles. The monoisotopic (exact) mass is 245 g/mol. The van der Waals surface area contributed by atoms with E-state index >= 15 is 0 Å². The zero-order chi connectivity index (χ0) is 12.3. The van der Waals surface area contributed by atoms with E-state index in [0.717, 1.165) is 0 Å². The summed E-state index contributed by atoms with van der Waals surface area (Å²) < 4.78 is 9.69. The Morgan fingerprint density at radius 3 is 2.38 bits per heavy atom. The number of hydrogen-bond acceptors (Lipinski definition) is 5. The van der Waals surface area contributed by atoms with Crippen molar-refractivity contribution < 1.29 is 19.2 Å². The standard InChI is InChI=1S/C9H8ClNO5/c1-15-6-4-3-5(11(13)14)8(16-2)7(6)9(10)12/h3-4H,1-2H3. The molecule has 0 atom stereocenters. The van der Waals surface area contributed by atoms with Crippen molar-refractivity contribution in [2.45, 2.75) is 0 Å². The first-order chi connectivity index (χ1) is 7.52. The number of nitro groups is 1. The van der Waals surface area contributed by atoms with E-state index in [1.807, 2.05) is 0 Å². The molecular weight excluding hydrogens is 238 g/mol. The van der Waals surface area contributed by atoms with E-state index in [0.29, 0.717) is 0 Å². The first kappa shape index (κ1) is 12.3. The minimum absolute atomic E-state index is 0.127. The van der Waals surface area contributed by atoms with Crippen molar-refractivity contribution in [2.24, 2.45) is 0 Å². The zero-order valence-electron chi connectivity index (χ0n) is 8.52. The molecule has 0 N–H and O–H groups in total. The highest BCUT2D eigenvalue weighted by atomic mass is 35.5. The Hall–Kier alpha value is -1.82. The molecule has 0 bridgehead atoms.